The van der Waals surface area contributed by atoms with E-state index in [1.54, 1.807) is 12.1 Å². The number of amides is 1. The van der Waals surface area contributed by atoms with Crippen LogP contribution in [-0.2, 0) is 24.6 Å². The number of aryl methyl sites for hydroxylation is 1. The van der Waals surface area contributed by atoms with Gasteiger partial charge in [0.2, 0.25) is 11.7 Å². The Morgan fingerprint density at radius 3 is 2.69 bits per heavy atom. The number of Topliss-reactive ketones (excluding diaryl/α,β-unsaturated/α-hetero) is 1. The summed E-state index contributed by atoms with van der Waals surface area (Å²) in [5.41, 5.74) is 0.0501. The van der Waals surface area contributed by atoms with Crippen LogP contribution in [0.3, 0.4) is 0 Å². The fraction of sp³-hybridized carbons (Fsp3) is 0.421. The van der Waals surface area contributed by atoms with E-state index in [1.807, 2.05) is 7.05 Å². The first-order valence-corrected chi connectivity index (χ1v) is 11.4. The van der Waals surface area contributed by atoms with Gasteiger partial charge in [-0.05, 0) is 19.2 Å². The summed E-state index contributed by atoms with van der Waals surface area (Å²) in [4.78, 5) is 35.2. The smallest absolute Gasteiger partial charge is 0.351 e. The third-order valence-electron chi connectivity index (χ3n) is 4.96. The van der Waals surface area contributed by atoms with E-state index in [1.165, 1.54) is 29.3 Å². The molecule has 1 aliphatic rings. The van der Waals surface area contributed by atoms with Gasteiger partial charge in [-0.25, -0.2) is 9.97 Å². The normalized spacial score (nSPS) is 15.2. The van der Waals surface area contributed by atoms with Crippen molar-refractivity contribution in [3.63, 3.8) is 0 Å². The summed E-state index contributed by atoms with van der Waals surface area (Å²) in [5.74, 6) is -1.60. The van der Waals surface area contributed by atoms with E-state index in [0.29, 0.717) is 16.8 Å². The zero-order valence-electron chi connectivity index (χ0n) is 17.1. The molecule has 1 saturated heterocycles. The predicted octanol–water partition coefficient (Wildman–Crippen LogP) is 2.60. The second-order valence-corrected chi connectivity index (χ2v) is 9.60. The number of carbonyl (C=O) groups excluding carboxylic acids is 2. The quantitative estimate of drug-likeness (QED) is 0.313. The Morgan fingerprint density at radius 2 is 2.00 bits per heavy atom. The number of likely N-dealkylation sites (tertiary alicyclic amines) is 1. The Kier molecular flexibility index (Phi) is 6.23. The summed E-state index contributed by atoms with van der Waals surface area (Å²) in [6.45, 7) is 1.81. The molecule has 32 heavy (non-hydrogen) atoms. The van der Waals surface area contributed by atoms with E-state index in [4.69, 9.17) is 0 Å². The van der Waals surface area contributed by atoms with Gasteiger partial charge >= 0.3 is 6.18 Å². The molecule has 170 valence electrons. The van der Waals surface area contributed by atoms with Crippen molar-refractivity contribution in [3.8, 4) is 0 Å². The molecule has 4 rings (SSSR count). The van der Waals surface area contributed by atoms with Gasteiger partial charge in [-0.2, -0.15) is 18.3 Å². The highest BCUT2D eigenvalue weighted by Crippen LogP contribution is 2.32. The second-order valence-electron chi connectivity index (χ2n) is 7.47. The number of fused-ring (bicyclic) bond motifs is 1. The lowest BCUT2D eigenvalue weighted by Gasteiger charge is -2.34. The van der Waals surface area contributed by atoms with Crippen LogP contribution in [0.25, 0.3) is 11.0 Å². The number of thiophene rings is 1. The third kappa shape index (κ3) is 4.79. The maximum atomic E-state index is 13.2. The molecule has 0 spiro atoms. The van der Waals surface area contributed by atoms with Crippen LogP contribution in [-0.4, -0.2) is 62.2 Å². The molecule has 0 atom stereocenters. The summed E-state index contributed by atoms with van der Waals surface area (Å²) in [7, 11) is 3.44. The van der Waals surface area contributed by atoms with E-state index < -0.39 is 12.0 Å². The Hall–Kier alpha value is -2.51. The SMILES string of the molecule is CN1CC(C(=O)NCc2ccc(C(=O)CSc3nc(C(F)(F)F)nc4c3cnn4C)s2)C1. The van der Waals surface area contributed by atoms with Crippen molar-refractivity contribution in [1.82, 2.24) is 30.0 Å². The second kappa shape index (κ2) is 8.79. The number of alkyl halides is 3. The minimum Gasteiger partial charge on any atom is -0.351 e. The Labute approximate surface area is 189 Å². The van der Waals surface area contributed by atoms with Gasteiger partial charge < -0.3 is 10.2 Å². The van der Waals surface area contributed by atoms with Gasteiger partial charge in [-0.3, -0.25) is 14.3 Å². The maximum absolute atomic E-state index is 13.2. The highest BCUT2D eigenvalue weighted by atomic mass is 32.2. The van der Waals surface area contributed by atoms with E-state index in [9.17, 15) is 22.8 Å². The molecular formula is C19H19F3N6O2S2. The number of nitrogens with one attached hydrogen (secondary N) is 1. The molecule has 1 amide bonds. The molecule has 3 aromatic heterocycles. The molecule has 0 radical (unpaired) electrons. The number of thioether (sulfide) groups is 1. The molecule has 0 aromatic carbocycles. The number of halogens is 3. The van der Waals surface area contributed by atoms with E-state index in [-0.39, 0.29) is 34.0 Å². The predicted molar refractivity (Wildman–Crippen MR) is 114 cm³/mol. The summed E-state index contributed by atoms with van der Waals surface area (Å²) in [6, 6.07) is 3.43. The van der Waals surface area contributed by atoms with Crippen LogP contribution in [0.2, 0.25) is 0 Å². The Morgan fingerprint density at radius 1 is 1.25 bits per heavy atom. The van der Waals surface area contributed by atoms with Crippen LogP contribution in [0.5, 0.6) is 0 Å². The highest BCUT2D eigenvalue weighted by Gasteiger charge is 2.36. The lowest BCUT2D eigenvalue weighted by Crippen LogP contribution is -2.51. The molecule has 8 nitrogen and oxygen atoms in total. The van der Waals surface area contributed by atoms with Crippen molar-refractivity contribution in [2.24, 2.45) is 13.0 Å². The number of nitrogens with zero attached hydrogens (tertiary/aromatic N) is 5. The van der Waals surface area contributed by atoms with Gasteiger partial charge in [0.25, 0.3) is 0 Å². The van der Waals surface area contributed by atoms with Gasteiger partial charge in [-0.15, -0.1) is 11.3 Å². The highest BCUT2D eigenvalue weighted by molar-refractivity contribution is 8.00. The zero-order valence-corrected chi connectivity index (χ0v) is 18.8. The van der Waals surface area contributed by atoms with Gasteiger partial charge in [0.1, 0.15) is 5.03 Å². The summed E-state index contributed by atoms with van der Waals surface area (Å²) >= 11 is 2.17. The average molecular weight is 485 g/mol. The monoisotopic (exact) mass is 484 g/mol. The number of rotatable bonds is 7. The number of ketones is 1. The number of aromatic nitrogens is 4. The fourth-order valence-corrected chi connectivity index (χ4v) is 5.09. The first kappa shape index (κ1) is 22.7. The van der Waals surface area contributed by atoms with Gasteiger partial charge in [0.05, 0.1) is 34.7 Å². The minimum atomic E-state index is -4.71. The molecule has 3 aromatic rings. The van der Waals surface area contributed by atoms with Crippen LogP contribution >= 0.6 is 23.1 Å². The van der Waals surface area contributed by atoms with Crippen molar-refractivity contribution in [2.45, 2.75) is 17.7 Å². The van der Waals surface area contributed by atoms with E-state index in [0.717, 1.165) is 29.7 Å². The van der Waals surface area contributed by atoms with E-state index in [2.05, 4.69) is 25.3 Å². The molecule has 1 aliphatic heterocycles. The van der Waals surface area contributed by atoms with Crippen LogP contribution < -0.4 is 5.32 Å². The van der Waals surface area contributed by atoms with Crippen LogP contribution in [0.4, 0.5) is 13.2 Å². The Bertz CT molecular complexity index is 1170. The number of carbonyl (C=O) groups is 2. The number of hydrogen-bond acceptors (Lipinski definition) is 8. The van der Waals surface area contributed by atoms with Crippen molar-refractivity contribution < 1.29 is 22.8 Å². The van der Waals surface area contributed by atoms with Crippen molar-refractivity contribution in [3.05, 3.63) is 33.9 Å². The average Bonchev–Trinajstić information content (AvgIpc) is 3.34. The number of hydrogen-bond donors (Lipinski definition) is 1. The summed E-state index contributed by atoms with van der Waals surface area (Å²) < 4.78 is 40.7. The topological polar surface area (TPSA) is 93.0 Å². The van der Waals surface area contributed by atoms with Gasteiger partial charge in [0, 0.05) is 25.0 Å². The third-order valence-corrected chi connectivity index (χ3v) is 7.08. The molecule has 0 aliphatic carbocycles. The summed E-state index contributed by atoms with van der Waals surface area (Å²) in [6.07, 6.45) is -3.33. The lowest BCUT2D eigenvalue weighted by atomic mass is 10.0. The molecule has 1 fully saturated rings. The molecule has 1 N–H and O–H groups in total. The minimum absolute atomic E-state index is 0.00349. The Balaban J connectivity index is 1.40. The van der Waals surface area contributed by atoms with Crippen LogP contribution in [0.1, 0.15) is 20.4 Å². The van der Waals surface area contributed by atoms with Gasteiger partial charge in [-0.1, -0.05) is 11.8 Å². The van der Waals surface area contributed by atoms with Crippen LogP contribution in [0, 0.1) is 5.92 Å². The molecule has 0 saturated carbocycles. The van der Waals surface area contributed by atoms with E-state index >= 15 is 0 Å². The van der Waals surface area contributed by atoms with Crippen molar-refractivity contribution in [2.75, 3.05) is 25.9 Å². The van der Waals surface area contributed by atoms with Crippen molar-refractivity contribution >= 4 is 45.8 Å². The van der Waals surface area contributed by atoms with Crippen LogP contribution in [0.15, 0.2) is 23.4 Å². The molecule has 13 heteroatoms. The lowest BCUT2D eigenvalue weighted by molar-refractivity contribution is -0.145. The fourth-order valence-electron chi connectivity index (χ4n) is 3.24. The first-order chi connectivity index (χ1) is 15.1. The maximum Gasteiger partial charge on any atom is 0.451 e. The van der Waals surface area contributed by atoms with Crippen molar-refractivity contribution in [1.29, 1.82) is 0 Å². The molecule has 0 bridgehead atoms. The molecule has 4 heterocycles. The van der Waals surface area contributed by atoms with Gasteiger partial charge in [0.15, 0.2) is 11.4 Å². The molecule has 0 unspecified atom stereocenters. The standard InChI is InChI=1S/C19H19F3N6O2S2/c1-27-7-10(8-27)16(30)23-5-11-3-4-14(32-11)13(29)9-31-17-12-6-24-28(2)15(12)25-18(26-17)19(20,21)22/h3-4,6,10H,5,7-9H2,1-2H3,(H,23,30). The molecular weight excluding hydrogens is 465 g/mol. The summed E-state index contributed by atoms with van der Waals surface area (Å²) in [5, 5.41) is 7.22. The first-order valence-electron chi connectivity index (χ1n) is 9.59. The largest absolute Gasteiger partial charge is 0.451 e. The zero-order chi connectivity index (χ0) is 23.0.